The van der Waals surface area contributed by atoms with Crippen LogP contribution in [0, 0.1) is 0 Å². The van der Waals surface area contributed by atoms with Crippen LogP contribution in [0.2, 0.25) is 0 Å². The largest absolute Gasteiger partial charge is 0.497 e. The Bertz CT molecular complexity index is 1570. The van der Waals surface area contributed by atoms with Crippen molar-refractivity contribution < 1.29 is 4.74 Å². The number of benzene rings is 2. The van der Waals surface area contributed by atoms with E-state index in [-0.39, 0.29) is 0 Å². The van der Waals surface area contributed by atoms with E-state index in [4.69, 9.17) is 4.74 Å². The van der Waals surface area contributed by atoms with Crippen molar-refractivity contribution in [3.8, 4) is 5.75 Å². The molecule has 2 aromatic carbocycles. The van der Waals surface area contributed by atoms with Crippen molar-refractivity contribution in [2.45, 2.75) is 32.6 Å². The summed E-state index contributed by atoms with van der Waals surface area (Å²) in [7, 11) is 1.73. The Morgan fingerprint density at radius 2 is 1.72 bits per heavy atom. The highest BCUT2D eigenvalue weighted by atomic mass is 16.5. The first-order valence-electron chi connectivity index (χ1n) is 15.2. The maximum atomic E-state index is 5.46. The van der Waals surface area contributed by atoms with Crippen LogP contribution in [-0.4, -0.2) is 64.6 Å². The second-order valence-electron chi connectivity index (χ2n) is 11.2. The number of aromatic nitrogens is 3. The first-order valence-corrected chi connectivity index (χ1v) is 15.2. The molecule has 1 aliphatic heterocycles. The maximum absolute atomic E-state index is 5.46. The predicted octanol–water partition coefficient (Wildman–Crippen LogP) is 5.23. The Hall–Kier alpha value is -4.24. The molecule has 0 radical (unpaired) electrons. The molecule has 3 aromatic heterocycles. The Labute approximate surface area is 254 Å². The molecule has 43 heavy (non-hydrogen) atoms. The summed E-state index contributed by atoms with van der Waals surface area (Å²) in [5.74, 6) is 1.83. The van der Waals surface area contributed by atoms with Crippen molar-refractivity contribution in [2.75, 3.05) is 45.2 Å². The zero-order valence-corrected chi connectivity index (χ0v) is 24.9. The average molecular weight is 576 g/mol. The Morgan fingerprint density at radius 3 is 2.51 bits per heavy atom. The number of methoxy groups -OCH3 is 1. The van der Waals surface area contributed by atoms with Crippen LogP contribution in [0.15, 0.2) is 91.3 Å². The summed E-state index contributed by atoms with van der Waals surface area (Å²) in [6.45, 7) is 8.25. The zero-order valence-electron chi connectivity index (χ0n) is 24.9. The molecule has 8 nitrogen and oxygen atoms in total. The molecule has 5 aromatic rings. The minimum absolute atomic E-state index is 0.778. The van der Waals surface area contributed by atoms with Gasteiger partial charge in [-0.25, -0.2) is 4.98 Å². The lowest BCUT2D eigenvalue weighted by Gasteiger charge is -2.27. The lowest BCUT2D eigenvalue weighted by molar-refractivity contribution is 0.243. The summed E-state index contributed by atoms with van der Waals surface area (Å²) in [6, 6.07) is 27.5. The van der Waals surface area contributed by atoms with Gasteiger partial charge in [0.05, 0.1) is 12.8 Å². The first kappa shape index (κ1) is 28.9. The Balaban J connectivity index is 1.03. The quantitative estimate of drug-likeness (QED) is 0.157. The van der Waals surface area contributed by atoms with Crippen LogP contribution < -0.4 is 15.4 Å². The molecule has 4 heterocycles. The van der Waals surface area contributed by atoms with E-state index in [2.05, 4.69) is 77.8 Å². The number of rotatable bonds is 14. The highest BCUT2D eigenvalue weighted by molar-refractivity contribution is 5.86. The first-order chi connectivity index (χ1) is 21.2. The van der Waals surface area contributed by atoms with E-state index >= 15 is 0 Å². The molecule has 0 saturated carbocycles. The summed E-state index contributed by atoms with van der Waals surface area (Å²) in [6.07, 6.45) is 4.72. The molecule has 222 valence electrons. The number of pyridine rings is 2. The SMILES string of the molecule is COc1ccc2[nH]c3c(c2c1)CCN(Cc1ccc(CN(CCNCc2ccccn2)CCNc2ccccn2)cc1)C3. The topological polar surface area (TPSA) is 81.3 Å². The smallest absolute Gasteiger partial charge is 0.125 e. The minimum Gasteiger partial charge on any atom is -0.497 e. The minimum atomic E-state index is 0.778. The van der Waals surface area contributed by atoms with E-state index in [9.17, 15) is 0 Å². The second-order valence-corrected chi connectivity index (χ2v) is 11.2. The van der Waals surface area contributed by atoms with Crippen LogP contribution in [-0.2, 0) is 32.6 Å². The van der Waals surface area contributed by atoms with Gasteiger partial charge in [0, 0.05) is 87.9 Å². The van der Waals surface area contributed by atoms with Crippen LogP contribution in [0.4, 0.5) is 5.82 Å². The highest BCUT2D eigenvalue weighted by Gasteiger charge is 2.21. The Kier molecular flexibility index (Phi) is 9.59. The number of nitrogens with zero attached hydrogens (tertiary/aromatic N) is 4. The van der Waals surface area contributed by atoms with Gasteiger partial charge in [-0.2, -0.15) is 0 Å². The normalized spacial score (nSPS) is 13.3. The van der Waals surface area contributed by atoms with Gasteiger partial charge >= 0.3 is 0 Å². The van der Waals surface area contributed by atoms with E-state index in [1.54, 1.807) is 7.11 Å². The fourth-order valence-corrected chi connectivity index (χ4v) is 5.84. The fraction of sp³-hybridized carbons (Fsp3) is 0.314. The third-order valence-corrected chi connectivity index (χ3v) is 8.13. The molecule has 1 aliphatic rings. The van der Waals surface area contributed by atoms with Gasteiger partial charge < -0.3 is 20.4 Å². The molecule has 0 unspecified atom stereocenters. The summed E-state index contributed by atoms with van der Waals surface area (Å²) >= 11 is 0. The average Bonchev–Trinajstić information content (AvgIpc) is 3.42. The number of ether oxygens (including phenoxy) is 1. The van der Waals surface area contributed by atoms with Crippen molar-refractivity contribution in [1.82, 2.24) is 30.1 Å². The van der Waals surface area contributed by atoms with Gasteiger partial charge in [-0.15, -0.1) is 0 Å². The summed E-state index contributed by atoms with van der Waals surface area (Å²) < 4.78 is 5.46. The van der Waals surface area contributed by atoms with Crippen molar-refractivity contribution in [3.05, 3.63) is 119 Å². The van der Waals surface area contributed by atoms with Gasteiger partial charge in [0.1, 0.15) is 11.6 Å². The van der Waals surface area contributed by atoms with Crippen molar-refractivity contribution in [3.63, 3.8) is 0 Å². The molecule has 0 atom stereocenters. The van der Waals surface area contributed by atoms with Gasteiger partial charge in [0.15, 0.2) is 0 Å². The van der Waals surface area contributed by atoms with Crippen molar-refractivity contribution in [1.29, 1.82) is 0 Å². The summed E-state index contributed by atoms with van der Waals surface area (Å²) in [5, 5.41) is 8.30. The highest BCUT2D eigenvalue weighted by Crippen LogP contribution is 2.30. The molecular weight excluding hydrogens is 534 g/mol. The van der Waals surface area contributed by atoms with Gasteiger partial charge in [-0.3, -0.25) is 14.8 Å². The number of H-pyrrole nitrogens is 1. The molecule has 6 rings (SSSR count). The van der Waals surface area contributed by atoms with Gasteiger partial charge in [-0.1, -0.05) is 36.4 Å². The number of fused-ring (bicyclic) bond motifs is 3. The number of nitrogens with one attached hydrogen (secondary N) is 3. The van der Waals surface area contributed by atoms with E-state index in [0.29, 0.717) is 0 Å². The predicted molar refractivity (Wildman–Crippen MR) is 173 cm³/mol. The van der Waals surface area contributed by atoms with Gasteiger partial charge in [0.2, 0.25) is 0 Å². The third kappa shape index (κ3) is 7.78. The van der Waals surface area contributed by atoms with E-state index < -0.39 is 0 Å². The maximum Gasteiger partial charge on any atom is 0.125 e. The number of hydrogen-bond donors (Lipinski definition) is 3. The van der Waals surface area contributed by atoms with Crippen molar-refractivity contribution >= 4 is 16.7 Å². The van der Waals surface area contributed by atoms with E-state index in [1.165, 1.54) is 33.3 Å². The van der Waals surface area contributed by atoms with E-state index in [0.717, 1.165) is 82.6 Å². The Morgan fingerprint density at radius 1 is 0.907 bits per heavy atom. The lowest BCUT2D eigenvalue weighted by atomic mass is 10.0. The molecule has 0 bridgehead atoms. The molecule has 8 heteroatoms. The summed E-state index contributed by atoms with van der Waals surface area (Å²) in [4.78, 5) is 17.5. The molecule has 0 spiro atoms. The summed E-state index contributed by atoms with van der Waals surface area (Å²) in [5.41, 5.74) is 7.72. The second kappa shape index (κ2) is 14.3. The van der Waals surface area contributed by atoms with Crippen LogP contribution in [0.3, 0.4) is 0 Å². The van der Waals surface area contributed by atoms with Crippen molar-refractivity contribution in [2.24, 2.45) is 0 Å². The lowest BCUT2D eigenvalue weighted by Crippen LogP contribution is -2.35. The van der Waals surface area contributed by atoms with Gasteiger partial charge in [0.25, 0.3) is 0 Å². The molecule has 3 N–H and O–H groups in total. The van der Waals surface area contributed by atoms with Crippen LogP contribution >= 0.6 is 0 Å². The number of anilines is 1. The monoisotopic (exact) mass is 575 g/mol. The van der Waals surface area contributed by atoms with Gasteiger partial charge in [-0.05, 0) is 65.6 Å². The fourth-order valence-electron chi connectivity index (χ4n) is 5.84. The molecule has 0 fully saturated rings. The van der Waals surface area contributed by atoms with Crippen LogP contribution in [0.25, 0.3) is 10.9 Å². The van der Waals surface area contributed by atoms with E-state index in [1.807, 2.05) is 48.8 Å². The molecule has 0 saturated heterocycles. The molecule has 0 aliphatic carbocycles. The third-order valence-electron chi connectivity index (χ3n) is 8.13. The molecule has 0 amide bonds. The molecular formula is C35H41N7O. The zero-order chi connectivity index (χ0) is 29.3. The number of hydrogen-bond acceptors (Lipinski definition) is 7. The standard InChI is InChI=1S/C35H41N7O/c1-43-30-12-13-33-32(22-30)31-14-19-42(26-34(31)40-33)25-28-10-8-27(9-11-28)24-41(21-18-39-35-7-3-5-16-38-35)20-17-36-23-29-6-2-4-15-37-29/h2-13,15-16,22,36,40H,14,17-21,23-26H2,1H3,(H,38,39). The number of aromatic amines is 1. The van der Waals surface area contributed by atoms with Crippen LogP contribution in [0.1, 0.15) is 28.1 Å². The van der Waals surface area contributed by atoms with Crippen LogP contribution in [0.5, 0.6) is 5.75 Å².